The SMILES string of the molecule is CC(C)(C)[C@@H]1Cc2c(cccc2S(C)(=O)=O)CCN1C(=O)C(F)(F)F. The molecule has 0 spiro atoms. The number of amides is 1. The number of carbonyl (C=O) groups is 1. The van der Waals surface area contributed by atoms with Gasteiger partial charge < -0.3 is 4.90 Å². The van der Waals surface area contributed by atoms with Crippen LogP contribution >= 0.6 is 0 Å². The van der Waals surface area contributed by atoms with Crippen molar-refractivity contribution in [2.75, 3.05) is 12.8 Å². The second-order valence-electron chi connectivity index (χ2n) is 7.50. The van der Waals surface area contributed by atoms with Crippen molar-refractivity contribution in [3.05, 3.63) is 29.3 Å². The Labute approximate surface area is 145 Å². The van der Waals surface area contributed by atoms with Crippen LogP contribution in [0.5, 0.6) is 0 Å². The normalized spacial score (nSPS) is 19.3. The van der Waals surface area contributed by atoms with Crippen LogP contribution in [0.4, 0.5) is 13.2 Å². The van der Waals surface area contributed by atoms with Crippen molar-refractivity contribution in [3.63, 3.8) is 0 Å². The van der Waals surface area contributed by atoms with E-state index >= 15 is 0 Å². The smallest absolute Gasteiger partial charge is 0.331 e. The van der Waals surface area contributed by atoms with Gasteiger partial charge in [0.1, 0.15) is 0 Å². The Morgan fingerprint density at radius 2 is 1.80 bits per heavy atom. The maximum atomic E-state index is 13.0. The Kier molecular flexibility index (Phi) is 4.98. The molecule has 0 saturated carbocycles. The van der Waals surface area contributed by atoms with Gasteiger partial charge >= 0.3 is 12.1 Å². The van der Waals surface area contributed by atoms with E-state index in [2.05, 4.69) is 0 Å². The molecule has 8 heteroatoms. The number of sulfone groups is 1. The lowest BCUT2D eigenvalue weighted by atomic mass is 9.82. The van der Waals surface area contributed by atoms with Crippen LogP contribution in [-0.2, 0) is 27.5 Å². The zero-order valence-electron chi connectivity index (χ0n) is 14.6. The number of fused-ring (bicyclic) bond motifs is 1. The first-order chi connectivity index (χ1) is 11.2. The van der Waals surface area contributed by atoms with Gasteiger partial charge in [-0.1, -0.05) is 32.9 Å². The molecular formula is C17H22F3NO3S. The summed E-state index contributed by atoms with van der Waals surface area (Å²) in [7, 11) is -3.52. The third-order valence-electron chi connectivity index (χ3n) is 4.53. The van der Waals surface area contributed by atoms with Gasteiger partial charge in [0, 0.05) is 18.8 Å². The summed E-state index contributed by atoms with van der Waals surface area (Å²) in [5, 5.41) is 0. The molecule has 1 aliphatic heterocycles. The van der Waals surface area contributed by atoms with Crippen molar-refractivity contribution in [3.8, 4) is 0 Å². The minimum atomic E-state index is -4.96. The standard InChI is InChI=1S/C17H22F3NO3S/c1-16(2,3)14-10-12-11(6-5-7-13(12)25(4,23)24)8-9-21(14)15(22)17(18,19)20/h5-7,14H,8-10H2,1-4H3/t14-/m0/s1. The molecule has 0 N–H and O–H groups in total. The lowest BCUT2D eigenvalue weighted by Crippen LogP contribution is -2.52. The Morgan fingerprint density at radius 3 is 2.28 bits per heavy atom. The summed E-state index contributed by atoms with van der Waals surface area (Å²) in [6, 6.07) is 4.01. The molecule has 0 saturated heterocycles. The fourth-order valence-corrected chi connectivity index (χ4v) is 4.29. The minimum absolute atomic E-state index is 0.0733. The maximum Gasteiger partial charge on any atom is 0.471 e. The zero-order valence-corrected chi connectivity index (χ0v) is 15.5. The topological polar surface area (TPSA) is 54.5 Å². The molecule has 1 atom stereocenters. The van der Waals surface area contributed by atoms with Gasteiger partial charge in [-0.05, 0) is 35.4 Å². The molecule has 0 aliphatic carbocycles. The number of nitrogens with zero attached hydrogens (tertiary/aromatic N) is 1. The van der Waals surface area contributed by atoms with Gasteiger partial charge in [-0.3, -0.25) is 4.79 Å². The third-order valence-corrected chi connectivity index (χ3v) is 5.71. The largest absolute Gasteiger partial charge is 0.471 e. The van der Waals surface area contributed by atoms with E-state index in [1.165, 1.54) is 6.07 Å². The fraction of sp³-hybridized carbons (Fsp3) is 0.588. The van der Waals surface area contributed by atoms with Gasteiger partial charge in [0.25, 0.3) is 0 Å². The molecule has 2 rings (SSSR count). The van der Waals surface area contributed by atoms with Crippen LogP contribution in [-0.4, -0.2) is 44.2 Å². The molecule has 0 aromatic heterocycles. The van der Waals surface area contributed by atoms with Crippen molar-refractivity contribution in [1.82, 2.24) is 4.90 Å². The third kappa shape index (κ3) is 4.16. The van der Waals surface area contributed by atoms with E-state index in [0.29, 0.717) is 11.1 Å². The van der Waals surface area contributed by atoms with Crippen molar-refractivity contribution in [1.29, 1.82) is 0 Å². The molecule has 1 aromatic carbocycles. The number of benzene rings is 1. The van der Waals surface area contributed by atoms with Gasteiger partial charge in [-0.25, -0.2) is 8.42 Å². The molecular weight excluding hydrogens is 355 g/mol. The van der Waals surface area contributed by atoms with Gasteiger partial charge in [0.05, 0.1) is 4.90 Å². The second-order valence-corrected chi connectivity index (χ2v) is 9.48. The number of carbonyl (C=O) groups excluding carboxylic acids is 1. The van der Waals surface area contributed by atoms with E-state index in [4.69, 9.17) is 0 Å². The summed E-state index contributed by atoms with van der Waals surface area (Å²) < 4.78 is 63.3. The number of rotatable bonds is 1. The summed E-state index contributed by atoms with van der Waals surface area (Å²) in [6.45, 7) is 5.16. The van der Waals surface area contributed by atoms with E-state index in [0.717, 1.165) is 11.2 Å². The summed E-state index contributed by atoms with van der Waals surface area (Å²) in [5.74, 6) is -1.87. The first kappa shape index (κ1) is 19.8. The summed E-state index contributed by atoms with van der Waals surface area (Å²) in [4.78, 5) is 12.9. The number of alkyl halides is 3. The van der Waals surface area contributed by atoms with Crippen LogP contribution in [0.1, 0.15) is 31.9 Å². The average molecular weight is 377 g/mol. The van der Waals surface area contributed by atoms with Gasteiger partial charge in [-0.2, -0.15) is 13.2 Å². The van der Waals surface area contributed by atoms with E-state index in [9.17, 15) is 26.4 Å². The van der Waals surface area contributed by atoms with E-state index in [-0.39, 0.29) is 24.3 Å². The molecule has 0 unspecified atom stereocenters. The molecule has 1 aliphatic rings. The van der Waals surface area contributed by atoms with E-state index in [1.807, 2.05) is 0 Å². The number of hydrogen-bond acceptors (Lipinski definition) is 3. The highest BCUT2D eigenvalue weighted by molar-refractivity contribution is 7.90. The van der Waals surface area contributed by atoms with E-state index < -0.39 is 33.4 Å². The van der Waals surface area contributed by atoms with Crippen molar-refractivity contribution >= 4 is 15.7 Å². The van der Waals surface area contributed by atoms with Crippen LogP contribution < -0.4 is 0 Å². The Bertz CT molecular complexity index is 779. The molecule has 140 valence electrons. The van der Waals surface area contributed by atoms with Gasteiger partial charge in [-0.15, -0.1) is 0 Å². The fourth-order valence-electron chi connectivity index (χ4n) is 3.30. The quantitative estimate of drug-likeness (QED) is 0.756. The molecule has 1 aromatic rings. The van der Waals surface area contributed by atoms with Crippen molar-refractivity contribution in [2.45, 2.75) is 50.7 Å². The van der Waals surface area contributed by atoms with Crippen LogP contribution in [0, 0.1) is 5.41 Å². The molecule has 0 fully saturated rings. The monoisotopic (exact) mass is 377 g/mol. The Balaban J connectivity index is 2.59. The molecule has 0 radical (unpaired) electrons. The van der Waals surface area contributed by atoms with Gasteiger partial charge in [0.2, 0.25) is 0 Å². The number of halogens is 3. The molecule has 1 amide bonds. The van der Waals surface area contributed by atoms with Crippen LogP contribution in [0.15, 0.2) is 23.1 Å². The highest BCUT2D eigenvalue weighted by Crippen LogP contribution is 2.35. The van der Waals surface area contributed by atoms with Crippen molar-refractivity contribution in [2.24, 2.45) is 5.41 Å². The van der Waals surface area contributed by atoms with Crippen LogP contribution in [0.3, 0.4) is 0 Å². The lowest BCUT2D eigenvalue weighted by Gasteiger charge is -2.39. The molecule has 0 bridgehead atoms. The van der Waals surface area contributed by atoms with Crippen LogP contribution in [0.2, 0.25) is 0 Å². The highest BCUT2D eigenvalue weighted by Gasteiger charge is 2.47. The predicted molar refractivity (Wildman–Crippen MR) is 88.0 cm³/mol. The second kappa shape index (κ2) is 6.30. The van der Waals surface area contributed by atoms with E-state index in [1.54, 1.807) is 32.9 Å². The molecule has 4 nitrogen and oxygen atoms in total. The van der Waals surface area contributed by atoms with Gasteiger partial charge in [0.15, 0.2) is 9.84 Å². The van der Waals surface area contributed by atoms with Crippen molar-refractivity contribution < 1.29 is 26.4 Å². The maximum absolute atomic E-state index is 13.0. The first-order valence-electron chi connectivity index (χ1n) is 7.91. The Hall–Kier alpha value is -1.57. The lowest BCUT2D eigenvalue weighted by molar-refractivity contribution is -0.189. The minimum Gasteiger partial charge on any atom is -0.331 e. The number of hydrogen-bond donors (Lipinski definition) is 0. The van der Waals surface area contributed by atoms with Crippen LogP contribution in [0.25, 0.3) is 0 Å². The Morgan fingerprint density at radius 1 is 1.20 bits per heavy atom. The first-order valence-corrected chi connectivity index (χ1v) is 9.80. The predicted octanol–water partition coefficient (Wildman–Crippen LogP) is 2.99. The highest BCUT2D eigenvalue weighted by atomic mass is 32.2. The summed E-state index contributed by atoms with van der Waals surface area (Å²) in [5.41, 5.74) is 0.546. The molecule has 25 heavy (non-hydrogen) atoms. The average Bonchev–Trinajstić information content (AvgIpc) is 2.63. The summed E-state index contributed by atoms with van der Waals surface area (Å²) >= 11 is 0. The summed E-state index contributed by atoms with van der Waals surface area (Å²) in [6.07, 6.45) is -3.62. The molecule has 1 heterocycles. The zero-order chi connectivity index (χ0) is 19.2.